The highest BCUT2D eigenvalue weighted by Crippen LogP contribution is 2.20. The molecule has 2 aromatic carbocycles. The van der Waals surface area contributed by atoms with E-state index in [1.807, 2.05) is 12.1 Å². The lowest BCUT2D eigenvalue weighted by Crippen LogP contribution is -2.38. The monoisotopic (exact) mass is 325 g/mol. The van der Waals surface area contributed by atoms with Crippen LogP contribution >= 0.6 is 0 Å². The summed E-state index contributed by atoms with van der Waals surface area (Å²) in [6.07, 6.45) is 0.584. The first-order valence-corrected chi connectivity index (χ1v) is 8.82. The molecule has 24 heavy (non-hydrogen) atoms. The summed E-state index contributed by atoms with van der Waals surface area (Å²) in [5.74, 6) is 1.34. The number of ether oxygens (including phenoxy) is 1. The Balaban J connectivity index is 1.47. The number of fused-ring (bicyclic) bond motifs is 1. The molecule has 0 amide bonds. The Labute approximate surface area is 144 Å². The number of β-amino-alcohol motifs (C(OH)–C–C–N with tert-alkyl or cyclic N) is 1. The molecule has 3 heteroatoms. The summed E-state index contributed by atoms with van der Waals surface area (Å²) in [6, 6.07) is 16.7. The standard InChI is InChI=1S/C21H27NO2/c1-16(2)17-7-9-21(10-8-17)24-15-20(23)14-22-12-11-18-5-3-4-6-19(18)13-22/h3-10,16,20,23H,11-15H2,1-2H3. The highest BCUT2D eigenvalue weighted by Gasteiger charge is 2.18. The van der Waals surface area contributed by atoms with E-state index in [9.17, 15) is 5.11 Å². The van der Waals surface area contributed by atoms with E-state index in [0.717, 1.165) is 25.3 Å². The first-order chi connectivity index (χ1) is 11.6. The summed E-state index contributed by atoms with van der Waals surface area (Å²) in [5.41, 5.74) is 4.11. The van der Waals surface area contributed by atoms with Crippen molar-refractivity contribution in [3.05, 3.63) is 65.2 Å². The van der Waals surface area contributed by atoms with E-state index in [1.165, 1.54) is 16.7 Å². The van der Waals surface area contributed by atoms with Crippen molar-refractivity contribution in [3.63, 3.8) is 0 Å². The van der Waals surface area contributed by atoms with E-state index in [0.29, 0.717) is 19.1 Å². The molecular weight excluding hydrogens is 298 g/mol. The molecule has 0 fully saturated rings. The third-order valence-electron chi connectivity index (χ3n) is 4.67. The predicted molar refractivity (Wildman–Crippen MR) is 97.5 cm³/mol. The first kappa shape index (κ1) is 17.0. The van der Waals surface area contributed by atoms with Gasteiger partial charge in [0.15, 0.2) is 0 Å². The van der Waals surface area contributed by atoms with E-state index in [2.05, 4.69) is 55.1 Å². The van der Waals surface area contributed by atoms with Gasteiger partial charge in [0.2, 0.25) is 0 Å². The summed E-state index contributed by atoms with van der Waals surface area (Å²) < 4.78 is 5.74. The second-order valence-corrected chi connectivity index (χ2v) is 6.94. The summed E-state index contributed by atoms with van der Waals surface area (Å²) in [5, 5.41) is 10.3. The van der Waals surface area contributed by atoms with Gasteiger partial charge in [-0.3, -0.25) is 4.90 Å². The number of rotatable bonds is 6. The highest BCUT2D eigenvalue weighted by atomic mass is 16.5. The summed E-state index contributed by atoms with van der Waals surface area (Å²) >= 11 is 0. The average Bonchev–Trinajstić information content (AvgIpc) is 2.60. The summed E-state index contributed by atoms with van der Waals surface area (Å²) in [6.45, 7) is 7.25. The molecule has 3 nitrogen and oxygen atoms in total. The summed E-state index contributed by atoms with van der Waals surface area (Å²) in [4.78, 5) is 2.30. The van der Waals surface area contributed by atoms with Crippen LogP contribution in [0, 0.1) is 0 Å². The zero-order chi connectivity index (χ0) is 16.9. The molecule has 1 aliphatic rings. The Bertz CT molecular complexity index is 651. The Kier molecular flexibility index (Phi) is 5.54. The van der Waals surface area contributed by atoms with Crippen molar-refractivity contribution >= 4 is 0 Å². The van der Waals surface area contributed by atoms with Crippen LogP contribution in [-0.4, -0.2) is 35.8 Å². The molecule has 1 unspecified atom stereocenters. The van der Waals surface area contributed by atoms with E-state index in [4.69, 9.17) is 4.74 Å². The maximum absolute atomic E-state index is 10.3. The van der Waals surface area contributed by atoms with E-state index in [1.54, 1.807) is 0 Å². The zero-order valence-electron chi connectivity index (χ0n) is 14.6. The molecule has 0 spiro atoms. The first-order valence-electron chi connectivity index (χ1n) is 8.82. The van der Waals surface area contributed by atoms with Gasteiger partial charge in [-0.15, -0.1) is 0 Å². The number of nitrogens with zero attached hydrogens (tertiary/aromatic N) is 1. The minimum atomic E-state index is -0.472. The largest absolute Gasteiger partial charge is 0.491 e. The molecule has 1 N–H and O–H groups in total. The fourth-order valence-corrected chi connectivity index (χ4v) is 3.20. The highest BCUT2D eigenvalue weighted by molar-refractivity contribution is 5.29. The molecule has 3 rings (SSSR count). The molecule has 0 saturated heterocycles. The maximum atomic E-state index is 10.3. The fraction of sp³-hybridized carbons (Fsp3) is 0.429. The van der Waals surface area contributed by atoms with Crippen LogP contribution in [0.1, 0.15) is 36.5 Å². The molecule has 1 heterocycles. The van der Waals surface area contributed by atoms with Crippen LogP contribution in [-0.2, 0) is 13.0 Å². The van der Waals surface area contributed by atoms with Gasteiger partial charge in [-0.1, -0.05) is 50.2 Å². The second-order valence-electron chi connectivity index (χ2n) is 6.94. The maximum Gasteiger partial charge on any atom is 0.119 e. The van der Waals surface area contributed by atoms with Crippen molar-refractivity contribution in [2.45, 2.75) is 38.8 Å². The predicted octanol–water partition coefficient (Wildman–Crippen LogP) is 3.61. The Hall–Kier alpha value is -1.84. The van der Waals surface area contributed by atoms with Gasteiger partial charge in [0.1, 0.15) is 18.5 Å². The molecule has 0 radical (unpaired) electrons. The second kappa shape index (κ2) is 7.82. The van der Waals surface area contributed by atoms with Gasteiger partial charge in [-0.25, -0.2) is 0 Å². The van der Waals surface area contributed by atoms with Crippen molar-refractivity contribution in [2.24, 2.45) is 0 Å². The van der Waals surface area contributed by atoms with Crippen molar-refractivity contribution in [1.29, 1.82) is 0 Å². The topological polar surface area (TPSA) is 32.7 Å². The van der Waals surface area contributed by atoms with Gasteiger partial charge >= 0.3 is 0 Å². The fourth-order valence-electron chi connectivity index (χ4n) is 3.20. The van der Waals surface area contributed by atoms with Crippen LogP contribution in [0.25, 0.3) is 0 Å². The molecule has 0 aliphatic carbocycles. The quantitative estimate of drug-likeness (QED) is 0.881. The van der Waals surface area contributed by atoms with Gasteiger partial charge < -0.3 is 9.84 Å². The Morgan fingerprint density at radius 2 is 1.75 bits per heavy atom. The van der Waals surface area contributed by atoms with Gasteiger partial charge in [0.05, 0.1) is 0 Å². The van der Waals surface area contributed by atoms with E-state index >= 15 is 0 Å². The van der Waals surface area contributed by atoms with E-state index < -0.39 is 6.10 Å². The zero-order valence-corrected chi connectivity index (χ0v) is 14.6. The SMILES string of the molecule is CC(C)c1ccc(OCC(O)CN2CCc3ccccc3C2)cc1. The van der Waals surface area contributed by atoms with Crippen molar-refractivity contribution in [1.82, 2.24) is 4.90 Å². The Morgan fingerprint density at radius 3 is 2.46 bits per heavy atom. The van der Waals surface area contributed by atoms with Crippen LogP contribution in [0.4, 0.5) is 0 Å². The number of aliphatic hydroxyl groups is 1. The molecule has 128 valence electrons. The van der Waals surface area contributed by atoms with Crippen LogP contribution in [0.3, 0.4) is 0 Å². The molecule has 1 aliphatic heterocycles. The average molecular weight is 325 g/mol. The molecular formula is C21H27NO2. The van der Waals surface area contributed by atoms with E-state index in [-0.39, 0.29) is 0 Å². The lowest BCUT2D eigenvalue weighted by atomic mass is 10.00. The van der Waals surface area contributed by atoms with Crippen molar-refractivity contribution in [3.8, 4) is 5.75 Å². The molecule has 0 saturated carbocycles. The van der Waals surface area contributed by atoms with Crippen LogP contribution in [0.15, 0.2) is 48.5 Å². The van der Waals surface area contributed by atoms with Gasteiger partial charge in [0, 0.05) is 19.6 Å². The number of aliphatic hydroxyl groups excluding tert-OH is 1. The summed E-state index contributed by atoms with van der Waals surface area (Å²) in [7, 11) is 0. The molecule has 2 aromatic rings. The van der Waals surface area contributed by atoms with Crippen molar-refractivity contribution < 1.29 is 9.84 Å². The van der Waals surface area contributed by atoms with Crippen LogP contribution < -0.4 is 4.74 Å². The minimum absolute atomic E-state index is 0.333. The van der Waals surface area contributed by atoms with Crippen molar-refractivity contribution in [2.75, 3.05) is 19.7 Å². The molecule has 0 bridgehead atoms. The lowest BCUT2D eigenvalue weighted by molar-refractivity contribution is 0.0638. The van der Waals surface area contributed by atoms with Gasteiger partial charge in [-0.2, -0.15) is 0 Å². The smallest absolute Gasteiger partial charge is 0.119 e. The number of hydrogen-bond acceptors (Lipinski definition) is 3. The Morgan fingerprint density at radius 1 is 1.04 bits per heavy atom. The van der Waals surface area contributed by atoms with Crippen LogP contribution in [0.2, 0.25) is 0 Å². The number of benzene rings is 2. The lowest BCUT2D eigenvalue weighted by Gasteiger charge is -2.30. The molecule has 1 atom stereocenters. The van der Waals surface area contributed by atoms with Gasteiger partial charge in [-0.05, 0) is 41.2 Å². The molecule has 0 aromatic heterocycles. The van der Waals surface area contributed by atoms with Gasteiger partial charge in [0.25, 0.3) is 0 Å². The third-order valence-corrected chi connectivity index (χ3v) is 4.67. The number of hydrogen-bond donors (Lipinski definition) is 1. The normalized spacial score (nSPS) is 16.0. The van der Waals surface area contributed by atoms with Crippen LogP contribution in [0.5, 0.6) is 5.75 Å². The third kappa shape index (κ3) is 4.37. The minimum Gasteiger partial charge on any atom is -0.491 e.